The van der Waals surface area contributed by atoms with Gasteiger partial charge >= 0.3 is 73.2 Å². The van der Waals surface area contributed by atoms with Gasteiger partial charge in [0.15, 0.2) is 0 Å². The first-order chi connectivity index (χ1) is 3.27. The molecule has 0 atom stereocenters. The van der Waals surface area contributed by atoms with Crippen LogP contribution in [0.5, 0.6) is 0 Å². The molecular weight excluding hydrogens is 297 g/mol. The Morgan fingerprint density at radius 1 is 1.43 bits per heavy atom. The van der Waals surface area contributed by atoms with E-state index in [1.54, 1.807) is 6.42 Å². The molecular formula is C5H16Sn2. The van der Waals surface area contributed by atoms with E-state index < -0.39 is 0 Å². The van der Waals surface area contributed by atoms with Crippen LogP contribution in [0.3, 0.4) is 0 Å². The van der Waals surface area contributed by atoms with Gasteiger partial charge in [0, 0.05) is 0 Å². The van der Waals surface area contributed by atoms with Gasteiger partial charge in [-0.3, -0.25) is 0 Å². The Labute approximate surface area is 72.6 Å². The van der Waals surface area contributed by atoms with Crippen LogP contribution in [0.4, 0.5) is 0 Å². The summed E-state index contributed by atoms with van der Waals surface area (Å²) in [4.78, 5) is 0. The molecule has 0 radical (unpaired) electrons. The van der Waals surface area contributed by atoms with Crippen LogP contribution in [0.15, 0.2) is 0 Å². The quantitative estimate of drug-likeness (QED) is 0.625. The molecule has 0 amide bonds. The van der Waals surface area contributed by atoms with Crippen molar-refractivity contribution in [1.29, 1.82) is 0 Å². The van der Waals surface area contributed by atoms with Crippen LogP contribution in [0.25, 0.3) is 0 Å². The summed E-state index contributed by atoms with van der Waals surface area (Å²) in [6, 6.07) is 0. The average Bonchev–Trinajstić information content (AvgIpc) is 1.61. The third-order valence-corrected chi connectivity index (χ3v) is 4.43. The molecule has 0 saturated heterocycles. The summed E-state index contributed by atoms with van der Waals surface area (Å²) in [5.74, 6) is 0. The Hall–Kier alpha value is 1.60. The molecule has 0 aromatic heterocycles. The van der Waals surface area contributed by atoms with Crippen molar-refractivity contribution in [2.24, 2.45) is 0 Å². The molecule has 0 nitrogen and oxygen atoms in total. The molecule has 0 bridgehead atoms. The van der Waals surface area contributed by atoms with E-state index in [1.807, 2.05) is 0 Å². The molecule has 0 fully saturated rings. The molecule has 0 saturated carbocycles. The number of hydrogen-bond acceptors (Lipinski definition) is 0. The zero-order chi connectivity index (χ0) is 5.70. The Balaban J connectivity index is 2.68. The fraction of sp³-hybridized carbons (Fsp3) is 1.00. The fourth-order valence-electron chi connectivity index (χ4n) is 0.612. The van der Waals surface area contributed by atoms with Gasteiger partial charge in [-0.25, -0.2) is 0 Å². The summed E-state index contributed by atoms with van der Waals surface area (Å²) in [5, 5.41) is 0. The second kappa shape index (κ2) is 5.73. The van der Waals surface area contributed by atoms with E-state index in [0.717, 1.165) is 45.0 Å². The molecule has 0 aromatic carbocycles. The molecule has 0 aromatic rings. The summed E-state index contributed by atoms with van der Waals surface area (Å²) in [7, 11) is 0. The van der Waals surface area contributed by atoms with Crippen molar-refractivity contribution in [3.63, 3.8) is 0 Å². The van der Waals surface area contributed by atoms with Gasteiger partial charge in [0.05, 0.1) is 0 Å². The van der Waals surface area contributed by atoms with Gasteiger partial charge in [-0.1, -0.05) is 0 Å². The number of hydrogen-bond donors (Lipinski definition) is 0. The molecule has 2 heteroatoms. The third kappa shape index (κ3) is 7.60. The van der Waals surface area contributed by atoms with Crippen LogP contribution in [0.1, 0.15) is 26.2 Å². The van der Waals surface area contributed by atoms with Gasteiger partial charge in [0.25, 0.3) is 0 Å². The monoisotopic (exact) mass is 316 g/mol. The van der Waals surface area contributed by atoms with Crippen LogP contribution in [0.2, 0.25) is 1.95 Å². The van der Waals surface area contributed by atoms with Gasteiger partial charge in [-0.2, -0.15) is 0 Å². The Kier molecular flexibility index (Phi) is 7.04. The number of unbranched alkanes of at least 4 members (excludes halogenated alkanes) is 1. The van der Waals surface area contributed by atoms with Gasteiger partial charge in [-0.05, 0) is 0 Å². The first-order valence-electron chi connectivity index (χ1n) is 3.27. The van der Waals surface area contributed by atoms with Crippen molar-refractivity contribution < 1.29 is 0 Å². The molecule has 0 rings (SSSR count). The van der Waals surface area contributed by atoms with Crippen LogP contribution in [-0.2, 0) is 0 Å². The Bertz CT molecular complexity index is 35.1. The van der Waals surface area contributed by atoms with Crippen molar-refractivity contribution in [1.82, 2.24) is 0 Å². The normalized spacial score (nSPS) is 15.0. The van der Waals surface area contributed by atoms with Crippen LogP contribution in [-0.4, -0.2) is 45.0 Å². The van der Waals surface area contributed by atoms with E-state index in [0.29, 0.717) is 0 Å². The summed E-state index contributed by atoms with van der Waals surface area (Å²) >= 11 is 2.04. The second-order valence-electron chi connectivity index (χ2n) is 2.54. The summed E-state index contributed by atoms with van der Waals surface area (Å²) in [6.45, 7) is 2.29. The molecule has 0 spiro atoms. The zero-order valence-electron chi connectivity index (χ0n) is 5.70. The van der Waals surface area contributed by atoms with Gasteiger partial charge in [0.1, 0.15) is 0 Å². The average molecular weight is 314 g/mol. The van der Waals surface area contributed by atoms with Gasteiger partial charge < -0.3 is 0 Å². The molecule has 0 aliphatic rings. The van der Waals surface area contributed by atoms with E-state index in [9.17, 15) is 0 Å². The topological polar surface area (TPSA) is 0 Å². The van der Waals surface area contributed by atoms with E-state index in [-0.39, 0.29) is 0 Å². The summed E-state index contributed by atoms with van der Waals surface area (Å²) in [6.07, 6.45) is 4.50. The van der Waals surface area contributed by atoms with E-state index in [2.05, 4.69) is 6.92 Å². The summed E-state index contributed by atoms with van der Waals surface area (Å²) < 4.78 is 1.32. The van der Waals surface area contributed by atoms with Crippen LogP contribution < -0.4 is 0 Å². The Morgan fingerprint density at radius 3 is 2.14 bits per heavy atom. The molecule has 7 heavy (non-hydrogen) atoms. The minimum atomic E-state index is 1.02. The SMILES string of the molecule is CCCC[CH]([SnH3])[SnH3]. The maximum absolute atomic E-state index is 2.29. The van der Waals surface area contributed by atoms with Crippen molar-refractivity contribution in [3.8, 4) is 0 Å². The van der Waals surface area contributed by atoms with E-state index in [1.165, 1.54) is 14.8 Å². The van der Waals surface area contributed by atoms with E-state index in [4.69, 9.17) is 0 Å². The van der Waals surface area contributed by atoms with Gasteiger partial charge in [0.2, 0.25) is 0 Å². The first-order valence-corrected chi connectivity index (χ1v) is 9.86. The van der Waals surface area contributed by atoms with E-state index >= 15 is 0 Å². The Morgan fingerprint density at radius 2 is 2.00 bits per heavy atom. The molecule has 0 aliphatic carbocycles. The standard InChI is InChI=1S/C5H10.2Sn.6H/c1-3-5-4-2;;;;;;;;/h1H,3-5H2,2H3;;;;;;;;. The second-order valence-corrected chi connectivity index (χ2v) is 32.6. The van der Waals surface area contributed by atoms with Gasteiger partial charge in [-0.15, -0.1) is 0 Å². The molecule has 0 heterocycles. The predicted molar refractivity (Wildman–Crippen MR) is 43.2 cm³/mol. The zero-order valence-corrected chi connectivity index (χ0v) is 17.1. The van der Waals surface area contributed by atoms with Crippen molar-refractivity contribution >= 4 is 45.0 Å². The fourth-order valence-corrected chi connectivity index (χ4v) is 2.94. The molecule has 0 N–H and O–H groups in total. The first kappa shape index (κ1) is 8.60. The van der Waals surface area contributed by atoms with Crippen molar-refractivity contribution in [2.75, 3.05) is 0 Å². The molecule has 0 aliphatic heterocycles. The minimum absolute atomic E-state index is 1.02. The molecule has 0 unspecified atom stereocenters. The maximum atomic E-state index is 2.29. The van der Waals surface area contributed by atoms with Crippen LogP contribution >= 0.6 is 0 Å². The van der Waals surface area contributed by atoms with Crippen molar-refractivity contribution in [2.45, 2.75) is 28.1 Å². The van der Waals surface area contributed by atoms with Crippen LogP contribution in [0, 0.1) is 0 Å². The van der Waals surface area contributed by atoms with Crippen molar-refractivity contribution in [3.05, 3.63) is 0 Å². The summed E-state index contributed by atoms with van der Waals surface area (Å²) in [5.41, 5.74) is 0. The third-order valence-electron chi connectivity index (χ3n) is 1.14. The molecule has 44 valence electrons. The predicted octanol–water partition coefficient (Wildman–Crippen LogP) is -0.347. The number of rotatable bonds is 3.